The third kappa shape index (κ3) is 3.84. The first kappa shape index (κ1) is 17.3. The summed E-state index contributed by atoms with van der Waals surface area (Å²) in [5, 5.41) is 11.1. The number of nitriles is 1. The number of piperazine rings is 1. The number of carbonyl (C=O) groups excluding carboxylic acids is 1. The summed E-state index contributed by atoms with van der Waals surface area (Å²) in [6, 6.07) is 23.9. The maximum Gasteiger partial charge on any atom is 0.253 e. The Morgan fingerprint density at radius 3 is 2.30 bits per heavy atom. The fourth-order valence-electron chi connectivity index (χ4n) is 3.56. The van der Waals surface area contributed by atoms with Crippen molar-refractivity contribution in [3.05, 3.63) is 83.4 Å². The van der Waals surface area contributed by atoms with E-state index >= 15 is 0 Å². The molecule has 1 aliphatic heterocycles. The molecule has 0 saturated carbocycles. The van der Waals surface area contributed by atoms with E-state index < -0.39 is 0 Å². The first-order chi connectivity index (χ1) is 13.2. The summed E-state index contributed by atoms with van der Waals surface area (Å²) in [7, 11) is 0. The minimum absolute atomic E-state index is 0.110. The van der Waals surface area contributed by atoms with E-state index in [0.717, 1.165) is 49.1 Å². The van der Waals surface area contributed by atoms with Crippen LogP contribution >= 0.6 is 0 Å². The average Bonchev–Trinajstić information content (AvgIpc) is 2.74. The molecule has 0 N–H and O–H groups in total. The van der Waals surface area contributed by atoms with Crippen LogP contribution in [0, 0.1) is 11.3 Å². The molecule has 3 aromatic carbocycles. The van der Waals surface area contributed by atoms with Crippen molar-refractivity contribution in [2.24, 2.45) is 0 Å². The van der Waals surface area contributed by atoms with Crippen molar-refractivity contribution < 1.29 is 4.79 Å². The van der Waals surface area contributed by atoms with Gasteiger partial charge in [0.2, 0.25) is 0 Å². The smallest absolute Gasteiger partial charge is 0.253 e. The van der Waals surface area contributed by atoms with Crippen LogP contribution in [0.3, 0.4) is 0 Å². The topological polar surface area (TPSA) is 47.3 Å². The number of benzene rings is 3. The lowest BCUT2D eigenvalue weighted by Crippen LogP contribution is -2.48. The third-order valence-electron chi connectivity index (χ3n) is 5.15. The number of nitrogens with zero attached hydrogens (tertiary/aromatic N) is 3. The minimum Gasteiger partial charge on any atom is -0.336 e. The second-order valence-electron chi connectivity index (χ2n) is 6.94. The zero-order valence-electron chi connectivity index (χ0n) is 15.1. The highest BCUT2D eigenvalue weighted by atomic mass is 16.2. The van der Waals surface area contributed by atoms with Gasteiger partial charge >= 0.3 is 0 Å². The first-order valence-electron chi connectivity index (χ1n) is 9.22. The molecule has 1 amide bonds. The van der Waals surface area contributed by atoms with E-state index in [1.54, 1.807) is 0 Å². The number of rotatable bonds is 3. The molecule has 134 valence electrons. The predicted molar refractivity (Wildman–Crippen MR) is 106 cm³/mol. The Bertz CT molecular complexity index is 996. The highest BCUT2D eigenvalue weighted by Crippen LogP contribution is 2.18. The van der Waals surface area contributed by atoms with Crippen molar-refractivity contribution in [1.82, 2.24) is 9.80 Å². The Kier molecular flexibility index (Phi) is 4.86. The largest absolute Gasteiger partial charge is 0.336 e. The number of carbonyl (C=O) groups is 1. The normalized spacial score (nSPS) is 14.9. The van der Waals surface area contributed by atoms with E-state index in [0.29, 0.717) is 5.56 Å². The fraction of sp³-hybridized carbons (Fsp3) is 0.217. The van der Waals surface area contributed by atoms with Gasteiger partial charge in [0.05, 0.1) is 11.6 Å². The summed E-state index contributed by atoms with van der Waals surface area (Å²) in [5.41, 5.74) is 2.64. The van der Waals surface area contributed by atoms with Crippen LogP contribution in [0.1, 0.15) is 21.5 Å². The highest BCUT2D eigenvalue weighted by molar-refractivity contribution is 5.98. The second kappa shape index (κ2) is 7.61. The summed E-state index contributed by atoms with van der Waals surface area (Å²) in [4.78, 5) is 17.2. The molecule has 0 radical (unpaired) electrons. The van der Waals surface area contributed by atoms with Crippen molar-refractivity contribution >= 4 is 16.7 Å². The second-order valence-corrected chi connectivity index (χ2v) is 6.94. The molecule has 0 aromatic heterocycles. The van der Waals surface area contributed by atoms with Gasteiger partial charge in [-0.3, -0.25) is 9.69 Å². The Balaban J connectivity index is 1.37. The molecule has 4 nitrogen and oxygen atoms in total. The average molecular weight is 355 g/mol. The van der Waals surface area contributed by atoms with Crippen molar-refractivity contribution in [3.63, 3.8) is 0 Å². The summed E-state index contributed by atoms with van der Waals surface area (Å²) < 4.78 is 0. The van der Waals surface area contributed by atoms with Crippen molar-refractivity contribution in [2.75, 3.05) is 26.2 Å². The number of fused-ring (bicyclic) bond motifs is 1. The zero-order valence-corrected chi connectivity index (χ0v) is 15.1. The summed E-state index contributed by atoms with van der Waals surface area (Å²) in [6.07, 6.45) is 0. The van der Waals surface area contributed by atoms with Crippen LogP contribution in [-0.2, 0) is 6.54 Å². The highest BCUT2D eigenvalue weighted by Gasteiger charge is 2.22. The Hall–Kier alpha value is -3.16. The van der Waals surface area contributed by atoms with Gasteiger partial charge in [0.1, 0.15) is 0 Å². The van der Waals surface area contributed by atoms with E-state index in [9.17, 15) is 4.79 Å². The molecule has 1 heterocycles. The molecule has 3 aromatic rings. The van der Waals surface area contributed by atoms with Crippen molar-refractivity contribution in [1.29, 1.82) is 5.26 Å². The SMILES string of the molecule is N#Cc1ccc(CN2CCN(C(=O)c3ccc4ccccc4c3)CC2)cc1. The van der Waals surface area contributed by atoms with Crippen LogP contribution in [0.4, 0.5) is 0 Å². The number of hydrogen-bond donors (Lipinski definition) is 0. The summed E-state index contributed by atoms with van der Waals surface area (Å²) in [5.74, 6) is 0.110. The maximum absolute atomic E-state index is 12.9. The standard InChI is InChI=1S/C23H21N3O/c24-16-18-5-7-19(8-6-18)17-25-11-13-26(14-12-25)23(27)22-10-9-20-3-1-2-4-21(20)15-22/h1-10,15H,11-14,17H2. The van der Waals surface area contributed by atoms with Crippen LogP contribution in [-0.4, -0.2) is 41.9 Å². The van der Waals surface area contributed by atoms with Crippen LogP contribution in [0.5, 0.6) is 0 Å². The van der Waals surface area contributed by atoms with Gasteiger partial charge in [0.25, 0.3) is 5.91 Å². The van der Waals surface area contributed by atoms with Gasteiger partial charge < -0.3 is 4.90 Å². The lowest BCUT2D eigenvalue weighted by Gasteiger charge is -2.34. The molecule has 1 fully saturated rings. The van der Waals surface area contributed by atoms with E-state index in [2.05, 4.69) is 17.0 Å². The molecule has 0 unspecified atom stereocenters. The van der Waals surface area contributed by atoms with E-state index in [-0.39, 0.29) is 5.91 Å². The van der Waals surface area contributed by atoms with Gasteiger partial charge in [-0.1, -0.05) is 42.5 Å². The van der Waals surface area contributed by atoms with E-state index in [1.165, 1.54) is 5.56 Å². The molecule has 0 atom stereocenters. The van der Waals surface area contributed by atoms with E-state index in [4.69, 9.17) is 5.26 Å². The van der Waals surface area contributed by atoms with Crippen LogP contribution in [0.15, 0.2) is 66.7 Å². The maximum atomic E-state index is 12.9. The van der Waals surface area contributed by atoms with Crippen molar-refractivity contribution in [3.8, 4) is 6.07 Å². The summed E-state index contributed by atoms with van der Waals surface area (Å²) in [6.45, 7) is 4.05. The lowest BCUT2D eigenvalue weighted by molar-refractivity contribution is 0.0628. The molecule has 0 bridgehead atoms. The first-order valence-corrected chi connectivity index (χ1v) is 9.22. The molecule has 4 heteroatoms. The Morgan fingerprint density at radius 1 is 0.889 bits per heavy atom. The van der Waals surface area contributed by atoms with Crippen LogP contribution in [0.25, 0.3) is 10.8 Å². The zero-order chi connectivity index (χ0) is 18.6. The van der Waals surface area contributed by atoms with Gasteiger partial charge in [-0.15, -0.1) is 0 Å². The monoisotopic (exact) mass is 355 g/mol. The molecular formula is C23H21N3O. The van der Waals surface area contributed by atoms with Crippen molar-refractivity contribution in [2.45, 2.75) is 6.54 Å². The molecule has 1 aliphatic rings. The van der Waals surface area contributed by atoms with Gasteiger partial charge in [-0.2, -0.15) is 5.26 Å². The molecule has 4 rings (SSSR count). The minimum atomic E-state index is 0.110. The molecule has 1 saturated heterocycles. The third-order valence-corrected chi connectivity index (χ3v) is 5.15. The Morgan fingerprint density at radius 2 is 1.59 bits per heavy atom. The van der Waals surface area contributed by atoms with Gasteiger partial charge in [0, 0.05) is 38.3 Å². The predicted octanol–water partition coefficient (Wildman–Crippen LogP) is 3.67. The van der Waals surface area contributed by atoms with E-state index in [1.807, 2.05) is 65.6 Å². The molecular weight excluding hydrogens is 334 g/mol. The van der Waals surface area contributed by atoms with Crippen LogP contribution in [0.2, 0.25) is 0 Å². The lowest BCUT2D eigenvalue weighted by atomic mass is 10.1. The quantitative estimate of drug-likeness (QED) is 0.720. The summed E-state index contributed by atoms with van der Waals surface area (Å²) >= 11 is 0. The molecule has 27 heavy (non-hydrogen) atoms. The van der Waals surface area contributed by atoms with Gasteiger partial charge in [-0.25, -0.2) is 0 Å². The fourth-order valence-corrected chi connectivity index (χ4v) is 3.56. The molecule has 0 aliphatic carbocycles. The Labute approximate surface area is 159 Å². The molecule has 0 spiro atoms. The number of hydrogen-bond acceptors (Lipinski definition) is 3. The van der Waals surface area contributed by atoms with Crippen LogP contribution < -0.4 is 0 Å². The number of amides is 1. The van der Waals surface area contributed by atoms with Gasteiger partial charge in [0.15, 0.2) is 0 Å². The van der Waals surface area contributed by atoms with Gasteiger partial charge in [-0.05, 0) is 40.6 Å².